The zero-order valence-electron chi connectivity index (χ0n) is 22.2. The summed E-state index contributed by atoms with van der Waals surface area (Å²) in [6, 6.07) is 10.1. The number of benzene rings is 2. The molecular weight excluding hydrogens is 516 g/mol. The van der Waals surface area contributed by atoms with Crippen LogP contribution in [0.25, 0.3) is 16.9 Å². The smallest absolute Gasteiger partial charge is 0.255 e. The summed E-state index contributed by atoms with van der Waals surface area (Å²) in [5, 5.41) is 46.9. The number of carbonyl (C=O) groups excluding carboxylic acids is 4. The van der Waals surface area contributed by atoms with Gasteiger partial charge in [-0.1, -0.05) is 39.0 Å². The van der Waals surface area contributed by atoms with Crippen LogP contribution in [-0.2, 0) is 25.6 Å². The van der Waals surface area contributed by atoms with Crippen LogP contribution in [0, 0.1) is 17.3 Å². The number of phenolic OH excluding ortho intramolecular Hbond substituents is 1. The molecule has 3 aliphatic carbocycles. The van der Waals surface area contributed by atoms with Crippen molar-refractivity contribution >= 4 is 34.8 Å². The first-order valence-electron chi connectivity index (χ1n) is 12.9. The van der Waals surface area contributed by atoms with E-state index in [2.05, 4.69) is 5.32 Å². The van der Waals surface area contributed by atoms with Crippen molar-refractivity contribution in [3.63, 3.8) is 0 Å². The van der Waals surface area contributed by atoms with Crippen molar-refractivity contribution in [2.75, 3.05) is 5.32 Å². The van der Waals surface area contributed by atoms with Crippen molar-refractivity contribution in [2.24, 2.45) is 23.0 Å². The lowest BCUT2D eigenvalue weighted by atomic mass is 9.59. The number of primary amides is 1. The van der Waals surface area contributed by atoms with E-state index in [0.29, 0.717) is 16.8 Å². The van der Waals surface area contributed by atoms with Crippen LogP contribution in [0.1, 0.15) is 44.7 Å². The molecule has 0 aliphatic heterocycles. The van der Waals surface area contributed by atoms with Crippen molar-refractivity contribution in [3.05, 3.63) is 64.4 Å². The van der Waals surface area contributed by atoms with Gasteiger partial charge in [-0.25, -0.2) is 0 Å². The normalized spacial score (nSPS) is 24.3. The van der Waals surface area contributed by atoms with E-state index < -0.39 is 57.4 Å². The Balaban J connectivity index is 1.58. The molecule has 10 heteroatoms. The highest BCUT2D eigenvalue weighted by Gasteiger charge is 2.60. The average molecular weight is 547 g/mol. The molecule has 0 heterocycles. The molecular formula is C30H30N2O8. The molecule has 40 heavy (non-hydrogen) atoms. The first-order valence-corrected chi connectivity index (χ1v) is 12.9. The molecule has 3 aliphatic rings. The van der Waals surface area contributed by atoms with Crippen molar-refractivity contribution in [1.82, 2.24) is 0 Å². The number of ketones is 2. The molecule has 10 nitrogen and oxygen atoms in total. The number of hydrogen-bond acceptors (Lipinski definition) is 8. The highest BCUT2D eigenvalue weighted by atomic mass is 16.3. The standard InChI is InChI=1S/C30H30N2O8/c1-29(2,3)28(39)32-16-6-4-13(5-7-16)17-8-9-19(33)22-18(17)11-14-10-15-12-20(34)23(27(31)38)26(37)30(15,40)25(36)21(14)24(22)35/h4-9,14-15,33,35,37,40H,10-12H2,1-3H3,(H2,31,38)(H,32,39)/t14-,15+,30+/m1/s1. The van der Waals surface area contributed by atoms with E-state index in [4.69, 9.17) is 5.73 Å². The Hall–Kier alpha value is -4.44. The summed E-state index contributed by atoms with van der Waals surface area (Å²) >= 11 is 0. The first-order chi connectivity index (χ1) is 18.7. The minimum absolute atomic E-state index is 0.0229. The number of amides is 2. The number of Topliss-reactive ketones (excluding diaryl/α,β-unsaturated/α-hetero) is 2. The Morgan fingerprint density at radius 3 is 2.25 bits per heavy atom. The van der Waals surface area contributed by atoms with Crippen molar-refractivity contribution in [3.8, 4) is 16.9 Å². The summed E-state index contributed by atoms with van der Waals surface area (Å²) in [5.74, 6) is -6.80. The number of carbonyl (C=O) groups is 4. The quantitative estimate of drug-likeness (QED) is 0.317. The number of aromatic hydroxyl groups is 1. The topological polar surface area (TPSA) is 187 Å². The zero-order chi connectivity index (χ0) is 29.3. The highest BCUT2D eigenvalue weighted by Crippen LogP contribution is 2.53. The van der Waals surface area contributed by atoms with E-state index in [0.717, 1.165) is 5.56 Å². The molecule has 2 aromatic rings. The summed E-state index contributed by atoms with van der Waals surface area (Å²) < 4.78 is 0. The molecule has 1 fully saturated rings. The number of aliphatic hydroxyl groups excluding tert-OH is 2. The first kappa shape index (κ1) is 27.1. The number of rotatable bonds is 3. The van der Waals surface area contributed by atoms with E-state index in [1.165, 1.54) is 6.07 Å². The van der Waals surface area contributed by atoms with Crippen LogP contribution in [0.3, 0.4) is 0 Å². The molecule has 7 N–H and O–H groups in total. The van der Waals surface area contributed by atoms with E-state index in [-0.39, 0.29) is 42.1 Å². The van der Waals surface area contributed by atoms with E-state index in [9.17, 15) is 39.6 Å². The largest absolute Gasteiger partial charge is 0.508 e. The second kappa shape index (κ2) is 9.06. The molecule has 0 aromatic heterocycles. The Labute approximate surface area is 229 Å². The fraction of sp³-hybridized carbons (Fsp3) is 0.333. The maximum absolute atomic E-state index is 13.6. The van der Waals surface area contributed by atoms with E-state index in [1.54, 1.807) is 30.3 Å². The number of nitrogens with one attached hydrogen (secondary N) is 1. The molecule has 1 saturated carbocycles. The van der Waals surface area contributed by atoms with Gasteiger partial charge in [0, 0.05) is 29.0 Å². The number of anilines is 1. The Morgan fingerprint density at radius 2 is 1.65 bits per heavy atom. The van der Waals surface area contributed by atoms with Crippen LogP contribution in [0.15, 0.2) is 53.3 Å². The molecule has 0 bridgehead atoms. The summed E-state index contributed by atoms with van der Waals surface area (Å²) in [6.07, 6.45) is -0.132. The molecule has 5 rings (SSSR count). The van der Waals surface area contributed by atoms with Crippen LogP contribution in [0.2, 0.25) is 0 Å². The van der Waals surface area contributed by atoms with Crippen LogP contribution < -0.4 is 11.1 Å². The molecule has 0 saturated heterocycles. The van der Waals surface area contributed by atoms with Gasteiger partial charge in [-0.3, -0.25) is 19.2 Å². The lowest BCUT2D eigenvalue weighted by Crippen LogP contribution is -2.58. The molecule has 0 radical (unpaired) electrons. The lowest BCUT2D eigenvalue weighted by molar-refractivity contribution is -0.147. The number of hydrogen-bond donors (Lipinski definition) is 6. The Bertz CT molecular complexity index is 1560. The van der Waals surface area contributed by atoms with Gasteiger partial charge in [0.1, 0.15) is 22.8 Å². The summed E-state index contributed by atoms with van der Waals surface area (Å²) in [7, 11) is 0. The van der Waals surface area contributed by atoms with E-state index >= 15 is 0 Å². The molecule has 0 unspecified atom stereocenters. The van der Waals surface area contributed by atoms with Crippen LogP contribution in [0.5, 0.6) is 5.75 Å². The maximum atomic E-state index is 13.6. The fourth-order valence-electron chi connectivity index (χ4n) is 5.94. The van der Waals surface area contributed by atoms with Gasteiger partial charge < -0.3 is 31.5 Å². The van der Waals surface area contributed by atoms with Crippen LogP contribution in [0.4, 0.5) is 5.69 Å². The SMILES string of the molecule is CC(C)(C)C(=O)Nc1ccc(-c2ccc(O)c3c2C[C@H]2C[C@H]4CC(=O)C(C(N)=O)=C(O)[C@@]4(O)C(=O)C2=C3O)cc1. The average Bonchev–Trinajstić information content (AvgIpc) is 2.86. The van der Waals surface area contributed by atoms with Gasteiger partial charge in [0.25, 0.3) is 5.91 Å². The van der Waals surface area contributed by atoms with Gasteiger partial charge in [0.05, 0.1) is 5.56 Å². The maximum Gasteiger partial charge on any atom is 0.255 e. The number of fused-ring (bicyclic) bond motifs is 3. The number of aliphatic hydroxyl groups is 3. The number of phenols is 1. The van der Waals surface area contributed by atoms with Gasteiger partial charge in [-0.2, -0.15) is 0 Å². The predicted molar refractivity (Wildman–Crippen MR) is 145 cm³/mol. The van der Waals surface area contributed by atoms with Gasteiger partial charge in [-0.15, -0.1) is 0 Å². The van der Waals surface area contributed by atoms with E-state index in [1.807, 2.05) is 20.8 Å². The third-order valence-corrected chi connectivity index (χ3v) is 8.08. The minimum atomic E-state index is -2.60. The van der Waals surface area contributed by atoms with Gasteiger partial charge in [0.15, 0.2) is 11.4 Å². The van der Waals surface area contributed by atoms with Crippen LogP contribution >= 0.6 is 0 Å². The van der Waals surface area contributed by atoms with Gasteiger partial charge >= 0.3 is 0 Å². The molecule has 3 atom stereocenters. The monoisotopic (exact) mass is 546 g/mol. The fourth-order valence-corrected chi connectivity index (χ4v) is 5.94. The van der Waals surface area contributed by atoms with Crippen LogP contribution in [-0.4, -0.2) is 49.4 Å². The third kappa shape index (κ3) is 3.98. The predicted octanol–water partition coefficient (Wildman–Crippen LogP) is 3.08. The lowest BCUT2D eigenvalue weighted by Gasteiger charge is -2.46. The Morgan fingerprint density at radius 1 is 1.00 bits per heavy atom. The third-order valence-electron chi connectivity index (χ3n) is 8.08. The van der Waals surface area contributed by atoms with Gasteiger partial charge in [-0.05, 0) is 53.6 Å². The second-order valence-electron chi connectivity index (χ2n) is 11.7. The highest BCUT2D eigenvalue weighted by molar-refractivity contribution is 6.22. The van der Waals surface area contributed by atoms with Crippen molar-refractivity contribution in [2.45, 2.75) is 45.6 Å². The van der Waals surface area contributed by atoms with Gasteiger partial charge in [0.2, 0.25) is 11.7 Å². The summed E-state index contributed by atoms with van der Waals surface area (Å²) in [4.78, 5) is 50.3. The summed E-state index contributed by atoms with van der Waals surface area (Å²) in [5.41, 5.74) is 3.64. The number of nitrogens with two attached hydrogens (primary N) is 1. The van der Waals surface area contributed by atoms with Crippen molar-refractivity contribution < 1.29 is 39.6 Å². The summed E-state index contributed by atoms with van der Waals surface area (Å²) in [6.45, 7) is 5.42. The minimum Gasteiger partial charge on any atom is -0.508 e. The molecule has 208 valence electrons. The molecule has 2 aromatic carbocycles. The Kier molecular flexibility index (Phi) is 6.14. The molecule has 2 amide bonds. The molecule has 0 spiro atoms. The second-order valence-corrected chi connectivity index (χ2v) is 11.7. The zero-order valence-corrected chi connectivity index (χ0v) is 22.2. The van der Waals surface area contributed by atoms with Crippen molar-refractivity contribution in [1.29, 1.82) is 0 Å².